The molecule has 17 N–H and O–H groups in total. The molecule has 0 aromatic rings. The van der Waals surface area contributed by atoms with Crippen molar-refractivity contribution >= 4 is 53.2 Å². The van der Waals surface area contributed by atoms with Gasteiger partial charge in [0.25, 0.3) is 0 Å². The fraction of sp³-hybridized carbons (Fsp3) is 0.800. The molecule has 9 amide bonds. The van der Waals surface area contributed by atoms with E-state index in [9.17, 15) is 43.2 Å². The zero-order valence-electron chi connectivity index (χ0n) is 41.1. The quantitative estimate of drug-likeness (QED) is 0.0518. The van der Waals surface area contributed by atoms with Crippen LogP contribution in [0.4, 0.5) is 0 Å². The van der Waals surface area contributed by atoms with Crippen molar-refractivity contribution in [3.05, 3.63) is 0 Å². The van der Waals surface area contributed by atoms with Crippen molar-refractivity contribution in [2.45, 2.75) is 180 Å². The summed E-state index contributed by atoms with van der Waals surface area (Å²) >= 11 is 0. The first-order valence-electron chi connectivity index (χ1n) is 24.2. The summed E-state index contributed by atoms with van der Waals surface area (Å²) in [4.78, 5) is 124. The van der Waals surface area contributed by atoms with E-state index in [1.54, 1.807) is 0 Å². The molecule has 1 heterocycles. The van der Waals surface area contributed by atoms with Crippen LogP contribution in [0, 0.1) is 17.8 Å². The first kappa shape index (κ1) is 60.1. The molecule has 1 aliphatic rings. The maximum atomic E-state index is 14.1. The number of carbonyl (C=O) groups is 9. The third-order valence-corrected chi connectivity index (χ3v) is 11.0. The van der Waals surface area contributed by atoms with Crippen LogP contribution in [0.2, 0.25) is 0 Å². The van der Waals surface area contributed by atoms with Crippen LogP contribution in [0.25, 0.3) is 0 Å². The molecule has 1 saturated heterocycles. The van der Waals surface area contributed by atoms with Crippen LogP contribution in [0.3, 0.4) is 0 Å². The molecule has 1 aliphatic heterocycles. The lowest BCUT2D eigenvalue weighted by Crippen LogP contribution is -2.61. The second kappa shape index (κ2) is 32.7. The molecule has 0 aromatic heterocycles. The number of hydrogen-bond donors (Lipinski definition) is 13. The Morgan fingerprint density at radius 3 is 1.30 bits per heavy atom. The number of amides is 9. The Kier molecular flexibility index (Phi) is 29.3. The third-order valence-electron chi connectivity index (χ3n) is 11.0. The van der Waals surface area contributed by atoms with E-state index in [1.165, 1.54) is 0 Å². The maximum absolute atomic E-state index is 14.1. The first-order valence-corrected chi connectivity index (χ1v) is 24.2. The van der Waals surface area contributed by atoms with Crippen LogP contribution in [0.1, 0.15) is 132 Å². The van der Waals surface area contributed by atoms with E-state index in [4.69, 9.17) is 22.9 Å². The van der Waals surface area contributed by atoms with E-state index < -0.39 is 101 Å². The molecule has 0 unspecified atom stereocenters. The second-order valence-corrected chi connectivity index (χ2v) is 18.6. The van der Waals surface area contributed by atoms with Gasteiger partial charge in [0.2, 0.25) is 53.2 Å². The van der Waals surface area contributed by atoms with Gasteiger partial charge in [0.15, 0.2) is 0 Å². The van der Waals surface area contributed by atoms with Crippen molar-refractivity contribution in [3.63, 3.8) is 0 Å². The lowest BCUT2D eigenvalue weighted by Gasteiger charge is -2.29. The van der Waals surface area contributed by atoms with Crippen molar-refractivity contribution in [2.75, 3.05) is 32.7 Å². The van der Waals surface area contributed by atoms with Gasteiger partial charge in [-0.25, -0.2) is 0 Å². The van der Waals surface area contributed by atoms with E-state index in [-0.39, 0.29) is 102 Å². The molecule has 67 heavy (non-hydrogen) atoms. The van der Waals surface area contributed by atoms with Gasteiger partial charge in [-0.15, -0.1) is 0 Å². The van der Waals surface area contributed by atoms with Crippen molar-refractivity contribution in [2.24, 2.45) is 40.7 Å². The molecule has 1 fully saturated rings. The number of nitrogens with one attached hydrogen (secondary N) is 9. The first-order chi connectivity index (χ1) is 31.7. The van der Waals surface area contributed by atoms with Gasteiger partial charge >= 0.3 is 0 Å². The Bertz CT molecular complexity index is 1600. The van der Waals surface area contributed by atoms with E-state index in [0.717, 1.165) is 25.7 Å². The zero-order chi connectivity index (χ0) is 50.6. The normalized spacial score (nSPS) is 23.9. The van der Waals surface area contributed by atoms with Gasteiger partial charge in [0.1, 0.15) is 48.3 Å². The molecule has 0 spiro atoms. The van der Waals surface area contributed by atoms with Crippen molar-refractivity contribution in [1.82, 2.24) is 47.9 Å². The molecule has 22 heteroatoms. The average molecular weight is 952 g/mol. The number of nitrogens with two attached hydrogens (primary N) is 4. The standard InChI is InChI=1S/C45H85N13O9/c1-8-9-10-11-12-13-37(59)51-36(25-49)45(67)55-32-17-21-50-38(60)33(22-26(2)3)56-40(62)30(15-19-47)52-39(61)29(14-18-46)54-43(65)34(23-27(4)5)58-44(66)35(24-28(6)7)57-41(63)31(16-20-48)53-42(32)64/h26-36H,8-25,46-49H2,1-7H3,(H,50,60)(H,51,59)(H,52,61)(H,53,64)(H,54,65)(H,55,67)(H,56,62)(H,57,63)(H,58,66)/t29-,30-,31-,32-,33-,34-,35+,36+/m0/s1. The maximum Gasteiger partial charge on any atom is 0.244 e. The summed E-state index contributed by atoms with van der Waals surface area (Å²) < 4.78 is 0. The second-order valence-electron chi connectivity index (χ2n) is 18.6. The molecular formula is C45H85N13O9. The Morgan fingerprint density at radius 1 is 0.537 bits per heavy atom. The monoisotopic (exact) mass is 952 g/mol. The predicted molar refractivity (Wildman–Crippen MR) is 255 cm³/mol. The van der Waals surface area contributed by atoms with E-state index in [1.807, 2.05) is 41.5 Å². The third kappa shape index (κ3) is 23.6. The van der Waals surface area contributed by atoms with Gasteiger partial charge in [0.05, 0.1) is 0 Å². The van der Waals surface area contributed by atoms with Crippen LogP contribution < -0.4 is 70.8 Å². The van der Waals surface area contributed by atoms with Crippen LogP contribution in [0.5, 0.6) is 0 Å². The summed E-state index contributed by atoms with van der Waals surface area (Å²) in [6, 6.07) is -9.90. The molecular weight excluding hydrogens is 867 g/mol. The van der Waals surface area contributed by atoms with Crippen molar-refractivity contribution in [3.8, 4) is 0 Å². The van der Waals surface area contributed by atoms with Crippen LogP contribution in [0.15, 0.2) is 0 Å². The van der Waals surface area contributed by atoms with Crippen LogP contribution in [-0.4, -0.2) is 134 Å². The Labute approximate surface area is 397 Å². The summed E-state index contributed by atoms with van der Waals surface area (Å²) in [7, 11) is 0. The summed E-state index contributed by atoms with van der Waals surface area (Å²) in [5, 5.41) is 24.1. The summed E-state index contributed by atoms with van der Waals surface area (Å²) in [5.41, 5.74) is 23.5. The number of hydrogen-bond acceptors (Lipinski definition) is 13. The largest absolute Gasteiger partial charge is 0.354 e. The average Bonchev–Trinajstić information content (AvgIpc) is 3.25. The van der Waals surface area contributed by atoms with Crippen LogP contribution >= 0.6 is 0 Å². The molecule has 0 bridgehead atoms. The lowest BCUT2D eigenvalue weighted by molar-refractivity contribution is -0.136. The minimum Gasteiger partial charge on any atom is -0.354 e. The highest BCUT2D eigenvalue weighted by Crippen LogP contribution is 2.12. The van der Waals surface area contributed by atoms with Gasteiger partial charge in [0, 0.05) is 19.5 Å². The smallest absolute Gasteiger partial charge is 0.244 e. The van der Waals surface area contributed by atoms with Crippen molar-refractivity contribution in [1.29, 1.82) is 0 Å². The minimum absolute atomic E-state index is 0.0269. The highest BCUT2D eigenvalue weighted by molar-refractivity contribution is 5.98. The number of rotatable bonds is 22. The van der Waals surface area contributed by atoms with Gasteiger partial charge < -0.3 is 70.8 Å². The van der Waals surface area contributed by atoms with Crippen molar-refractivity contribution < 1.29 is 43.2 Å². The van der Waals surface area contributed by atoms with Gasteiger partial charge in [-0.1, -0.05) is 74.1 Å². The molecule has 0 saturated carbocycles. The zero-order valence-corrected chi connectivity index (χ0v) is 41.1. The summed E-state index contributed by atoms with van der Waals surface area (Å²) in [5.74, 6) is -6.67. The molecule has 0 radical (unpaired) electrons. The lowest BCUT2D eigenvalue weighted by atomic mass is 9.99. The minimum atomic E-state index is -1.41. The SMILES string of the molecule is CCCCCCCC(=O)N[C@H](CN)C(=O)N[C@H]1CCNC(=O)[C@H](CC(C)C)NC(=O)[C@H](CCN)NC(=O)[C@H](CCN)NC(=O)[C@H](CC(C)C)NC(=O)[C@@H](CC(C)C)NC(=O)[C@H](CCN)NC1=O. The molecule has 0 aromatic carbocycles. The molecule has 1 rings (SSSR count). The van der Waals surface area contributed by atoms with E-state index in [0.29, 0.717) is 6.42 Å². The summed E-state index contributed by atoms with van der Waals surface area (Å²) in [6.45, 7) is 12.4. The number of unbranched alkanes of at least 4 members (excludes halogenated alkanes) is 4. The number of carbonyl (C=O) groups excluding carboxylic acids is 9. The van der Waals surface area contributed by atoms with E-state index in [2.05, 4.69) is 54.8 Å². The van der Waals surface area contributed by atoms with Gasteiger partial charge in [-0.05, 0) is 88.8 Å². The fourth-order valence-electron chi connectivity index (χ4n) is 7.44. The fourth-order valence-corrected chi connectivity index (χ4v) is 7.44. The van der Waals surface area contributed by atoms with Gasteiger partial charge in [-0.3, -0.25) is 43.2 Å². The van der Waals surface area contributed by atoms with Crippen LogP contribution in [-0.2, 0) is 43.2 Å². The molecule has 0 aliphatic carbocycles. The highest BCUT2D eigenvalue weighted by Gasteiger charge is 2.35. The Hall–Kier alpha value is -4.93. The van der Waals surface area contributed by atoms with E-state index >= 15 is 0 Å². The summed E-state index contributed by atoms with van der Waals surface area (Å²) in [6.07, 6.45) is 4.73. The predicted octanol–water partition coefficient (Wildman–Crippen LogP) is -2.11. The molecule has 22 nitrogen and oxygen atoms in total. The topological polar surface area (TPSA) is 366 Å². The van der Waals surface area contributed by atoms with Gasteiger partial charge in [-0.2, -0.15) is 0 Å². The Balaban J connectivity index is 3.80. The molecule has 384 valence electrons. The molecule has 8 atom stereocenters. The Morgan fingerprint density at radius 2 is 0.910 bits per heavy atom. The highest BCUT2D eigenvalue weighted by atomic mass is 16.2.